The van der Waals surface area contributed by atoms with E-state index in [1.54, 1.807) is 28.1 Å². The molecule has 0 radical (unpaired) electrons. The van der Waals surface area contributed by atoms with E-state index in [0.717, 1.165) is 12.2 Å². The van der Waals surface area contributed by atoms with Crippen molar-refractivity contribution >= 4 is 34.5 Å². The lowest BCUT2D eigenvalue weighted by atomic mass is 10.2. The first-order chi connectivity index (χ1) is 8.72. The number of anilines is 1. The molecule has 92 valence electrons. The molecule has 0 aliphatic rings. The van der Waals surface area contributed by atoms with Gasteiger partial charge in [-0.3, -0.25) is 0 Å². The van der Waals surface area contributed by atoms with Crippen LogP contribution in [0.2, 0.25) is 5.02 Å². The summed E-state index contributed by atoms with van der Waals surface area (Å²) in [5.41, 5.74) is 3.35. The van der Waals surface area contributed by atoms with E-state index < -0.39 is 0 Å². The number of hydrogen-bond donors (Lipinski definition) is 1. The molecule has 0 aliphatic carbocycles. The van der Waals surface area contributed by atoms with Crippen molar-refractivity contribution < 1.29 is 0 Å². The SMILES string of the molecule is Cc1cscc1CNc1nc2ccc(Cl)cn2n1. The van der Waals surface area contributed by atoms with Crippen molar-refractivity contribution in [1.82, 2.24) is 14.6 Å². The van der Waals surface area contributed by atoms with Crippen LogP contribution in [0.15, 0.2) is 29.1 Å². The summed E-state index contributed by atoms with van der Waals surface area (Å²) >= 11 is 7.60. The molecule has 0 bridgehead atoms. The van der Waals surface area contributed by atoms with Gasteiger partial charge in [-0.1, -0.05) is 11.6 Å². The molecular weight excluding hydrogens is 268 g/mol. The zero-order valence-corrected chi connectivity index (χ0v) is 11.3. The van der Waals surface area contributed by atoms with Gasteiger partial charge in [0, 0.05) is 12.7 Å². The predicted molar refractivity (Wildman–Crippen MR) is 74.4 cm³/mol. The fourth-order valence-electron chi connectivity index (χ4n) is 1.68. The smallest absolute Gasteiger partial charge is 0.243 e. The Balaban J connectivity index is 1.81. The summed E-state index contributed by atoms with van der Waals surface area (Å²) in [6, 6.07) is 3.65. The quantitative estimate of drug-likeness (QED) is 0.799. The highest BCUT2D eigenvalue weighted by molar-refractivity contribution is 7.08. The van der Waals surface area contributed by atoms with E-state index in [4.69, 9.17) is 11.6 Å². The van der Waals surface area contributed by atoms with Crippen LogP contribution in [0, 0.1) is 6.92 Å². The molecule has 3 heterocycles. The van der Waals surface area contributed by atoms with E-state index in [-0.39, 0.29) is 0 Å². The summed E-state index contributed by atoms with van der Waals surface area (Å²) in [4.78, 5) is 4.37. The molecule has 6 heteroatoms. The molecule has 4 nitrogen and oxygen atoms in total. The van der Waals surface area contributed by atoms with Crippen LogP contribution in [-0.4, -0.2) is 14.6 Å². The topological polar surface area (TPSA) is 42.2 Å². The molecule has 0 saturated heterocycles. The van der Waals surface area contributed by atoms with Crippen molar-refractivity contribution in [3.63, 3.8) is 0 Å². The first kappa shape index (κ1) is 11.5. The Bertz CT molecular complexity index is 688. The van der Waals surface area contributed by atoms with E-state index in [2.05, 4.69) is 33.1 Å². The van der Waals surface area contributed by atoms with Gasteiger partial charge in [-0.2, -0.15) is 16.3 Å². The van der Waals surface area contributed by atoms with Gasteiger partial charge in [0.15, 0.2) is 5.65 Å². The molecule has 0 saturated carbocycles. The number of halogens is 1. The summed E-state index contributed by atoms with van der Waals surface area (Å²) < 4.78 is 1.67. The second kappa shape index (κ2) is 4.59. The molecule has 0 atom stereocenters. The minimum absolute atomic E-state index is 0.614. The lowest BCUT2D eigenvalue weighted by Crippen LogP contribution is -2.01. The largest absolute Gasteiger partial charge is 0.349 e. The van der Waals surface area contributed by atoms with E-state index in [0.29, 0.717) is 11.0 Å². The third-order valence-electron chi connectivity index (χ3n) is 2.69. The first-order valence-electron chi connectivity index (χ1n) is 5.50. The van der Waals surface area contributed by atoms with Gasteiger partial charge < -0.3 is 5.32 Å². The summed E-state index contributed by atoms with van der Waals surface area (Å²) in [5.74, 6) is 0.614. The van der Waals surface area contributed by atoms with Crippen LogP contribution in [-0.2, 0) is 6.54 Å². The molecule has 0 amide bonds. The molecule has 0 fully saturated rings. The van der Waals surface area contributed by atoms with Gasteiger partial charge in [0.2, 0.25) is 5.95 Å². The standard InChI is InChI=1S/C12H11ClN4S/c1-8-6-18-7-9(8)4-14-12-15-11-3-2-10(13)5-17(11)16-12/h2-3,5-7H,4H2,1H3,(H,14,16). The number of pyridine rings is 1. The third kappa shape index (κ3) is 2.19. The second-order valence-corrected chi connectivity index (χ2v) is 5.20. The summed E-state index contributed by atoms with van der Waals surface area (Å²) in [7, 11) is 0. The highest BCUT2D eigenvalue weighted by atomic mass is 35.5. The van der Waals surface area contributed by atoms with Crippen LogP contribution < -0.4 is 5.32 Å². The number of aromatic nitrogens is 3. The highest BCUT2D eigenvalue weighted by Gasteiger charge is 2.04. The Morgan fingerprint density at radius 3 is 3.06 bits per heavy atom. The van der Waals surface area contributed by atoms with Crippen molar-refractivity contribution in [2.24, 2.45) is 0 Å². The Morgan fingerprint density at radius 1 is 1.39 bits per heavy atom. The van der Waals surface area contributed by atoms with Gasteiger partial charge in [0.1, 0.15) is 0 Å². The second-order valence-electron chi connectivity index (χ2n) is 4.02. The van der Waals surface area contributed by atoms with Crippen LogP contribution in [0.5, 0.6) is 0 Å². The third-order valence-corrected chi connectivity index (χ3v) is 3.83. The van der Waals surface area contributed by atoms with Crippen molar-refractivity contribution in [2.75, 3.05) is 5.32 Å². The minimum atomic E-state index is 0.614. The number of nitrogens with zero attached hydrogens (tertiary/aromatic N) is 3. The fraction of sp³-hybridized carbons (Fsp3) is 0.167. The lowest BCUT2D eigenvalue weighted by molar-refractivity contribution is 0.950. The van der Waals surface area contributed by atoms with Crippen molar-refractivity contribution in [1.29, 1.82) is 0 Å². The predicted octanol–water partition coefficient (Wildman–Crippen LogP) is 3.36. The molecule has 0 spiro atoms. The summed E-state index contributed by atoms with van der Waals surface area (Å²) in [6.07, 6.45) is 1.74. The maximum absolute atomic E-state index is 5.90. The Kier molecular flexibility index (Phi) is 2.93. The zero-order valence-electron chi connectivity index (χ0n) is 9.72. The van der Waals surface area contributed by atoms with Crippen LogP contribution in [0.3, 0.4) is 0 Å². The van der Waals surface area contributed by atoms with Gasteiger partial charge >= 0.3 is 0 Å². The normalized spacial score (nSPS) is 11.0. The number of aryl methyl sites for hydroxylation is 1. The van der Waals surface area contributed by atoms with E-state index in [1.807, 2.05) is 6.07 Å². The molecule has 3 rings (SSSR count). The van der Waals surface area contributed by atoms with Crippen molar-refractivity contribution in [3.8, 4) is 0 Å². The van der Waals surface area contributed by atoms with Gasteiger partial charge in [-0.15, -0.1) is 5.10 Å². The van der Waals surface area contributed by atoms with Gasteiger partial charge in [-0.05, 0) is 40.9 Å². The number of fused-ring (bicyclic) bond motifs is 1. The number of hydrogen-bond acceptors (Lipinski definition) is 4. The van der Waals surface area contributed by atoms with E-state index >= 15 is 0 Å². The number of thiophene rings is 1. The van der Waals surface area contributed by atoms with Crippen LogP contribution in [0.4, 0.5) is 5.95 Å². The molecule has 0 aromatic carbocycles. The van der Waals surface area contributed by atoms with E-state index in [9.17, 15) is 0 Å². The maximum atomic E-state index is 5.90. The maximum Gasteiger partial charge on any atom is 0.243 e. The molecule has 3 aromatic heterocycles. The van der Waals surface area contributed by atoms with Gasteiger partial charge in [0.05, 0.1) is 5.02 Å². The molecule has 1 N–H and O–H groups in total. The molecule has 0 aliphatic heterocycles. The van der Waals surface area contributed by atoms with Gasteiger partial charge in [0.25, 0.3) is 0 Å². The monoisotopic (exact) mass is 278 g/mol. The molecular formula is C12H11ClN4S. The number of nitrogens with one attached hydrogen (secondary N) is 1. The highest BCUT2D eigenvalue weighted by Crippen LogP contribution is 2.16. The molecule has 3 aromatic rings. The van der Waals surface area contributed by atoms with Crippen molar-refractivity contribution in [2.45, 2.75) is 13.5 Å². The average molecular weight is 279 g/mol. The summed E-state index contributed by atoms with van der Waals surface area (Å²) in [5, 5.41) is 12.4. The van der Waals surface area contributed by atoms with Crippen LogP contribution >= 0.6 is 22.9 Å². The number of rotatable bonds is 3. The van der Waals surface area contributed by atoms with Gasteiger partial charge in [-0.25, -0.2) is 4.52 Å². The summed E-state index contributed by atoms with van der Waals surface area (Å²) in [6.45, 7) is 2.84. The van der Waals surface area contributed by atoms with E-state index in [1.165, 1.54) is 11.1 Å². The first-order valence-corrected chi connectivity index (χ1v) is 6.82. The zero-order chi connectivity index (χ0) is 12.5. The lowest BCUT2D eigenvalue weighted by Gasteiger charge is -2.00. The Labute approximate surface area is 113 Å². The molecule has 0 unspecified atom stereocenters. The fourth-order valence-corrected chi connectivity index (χ4v) is 2.69. The van der Waals surface area contributed by atoms with Crippen LogP contribution in [0.25, 0.3) is 5.65 Å². The Morgan fingerprint density at radius 2 is 2.28 bits per heavy atom. The minimum Gasteiger partial charge on any atom is -0.349 e. The van der Waals surface area contributed by atoms with Crippen molar-refractivity contribution in [3.05, 3.63) is 45.2 Å². The van der Waals surface area contributed by atoms with Crippen LogP contribution in [0.1, 0.15) is 11.1 Å². The average Bonchev–Trinajstić information content (AvgIpc) is 2.92. The Hall–Kier alpha value is -1.59. The molecule has 18 heavy (non-hydrogen) atoms.